The Morgan fingerprint density at radius 1 is 1.05 bits per heavy atom. The van der Waals surface area contributed by atoms with Crippen LogP contribution in [0.15, 0.2) is 47.3 Å². The molecule has 0 spiro atoms. The molecular formula is C18H16N2O. The Labute approximate surface area is 123 Å². The Kier molecular flexibility index (Phi) is 3.40. The number of fused-ring (bicyclic) bond motifs is 1. The summed E-state index contributed by atoms with van der Waals surface area (Å²) in [6.07, 6.45) is 3.71. The third kappa shape index (κ3) is 2.77. The molecule has 0 atom stereocenters. The van der Waals surface area contributed by atoms with Crippen molar-refractivity contribution in [2.45, 2.75) is 13.8 Å². The first-order chi connectivity index (χ1) is 10.1. The molecule has 0 fully saturated rings. The van der Waals surface area contributed by atoms with Gasteiger partial charge in [-0.25, -0.2) is 4.98 Å². The van der Waals surface area contributed by atoms with Gasteiger partial charge in [-0.3, -0.25) is 4.79 Å². The largest absolute Gasteiger partial charge is 0.319 e. The number of nitrogens with zero attached hydrogens (tertiary/aromatic N) is 1. The van der Waals surface area contributed by atoms with E-state index in [-0.39, 0.29) is 5.56 Å². The van der Waals surface area contributed by atoms with Gasteiger partial charge in [0.15, 0.2) is 0 Å². The highest BCUT2D eigenvalue weighted by Crippen LogP contribution is 2.14. The molecule has 3 rings (SSSR count). The Morgan fingerprint density at radius 3 is 2.71 bits per heavy atom. The van der Waals surface area contributed by atoms with Crippen molar-refractivity contribution in [2.24, 2.45) is 0 Å². The van der Waals surface area contributed by atoms with Crippen LogP contribution in [0.1, 0.15) is 22.4 Å². The molecule has 21 heavy (non-hydrogen) atoms. The second-order valence-corrected chi connectivity index (χ2v) is 5.16. The van der Waals surface area contributed by atoms with E-state index in [0.29, 0.717) is 5.69 Å². The number of rotatable bonds is 2. The van der Waals surface area contributed by atoms with Gasteiger partial charge in [-0.05, 0) is 43.2 Å². The van der Waals surface area contributed by atoms with E-state index in [2.05, 4.69) is 42.0 Å². The summed E-state index contributed by atoms with van der Waals surface area (Å²) >= 11 is 0. The molecule has 0 aliphatic carbocycles. The zero-order valence-corrected chi connectivity index (χ0v) is 12.1. The van der Waals surface area contributed by atoms with E-state index in [9.17, 15) is 4.79 Å². The molecule has 0 bridgehead atoms. The molecule has 0 saturated carbocycles. The Balaban J connectivity index is 2.05. The number of benzene rings is 2. The summed E-state index contributed by atoms with van der Waals surface area (Å²) < 4.78 is 0. The zero-order chi connectivity index (χ0) is 14.8. The minimum absolute atomic E-state index is 0.171. The van der Waals surface area contributed by atoms with Gasteiger partial charge >= 0.3 is 0 Å². The van der Waals surface area contributed by atoms with Crippen molar-refractivity contribution in [3.8, 4) is 0 Å². The van der Waals surface area contributed by atoms with Gasteiger partial charge in [-0.2, -0.15) is 0 Å². The first kappa shape index (κ1) is 13.3. The number of aromatic amines is 1. The van der Waals surface area contributed by atoms with Crippen LogP contribution < -0.4 is 5.56 Å². The maximum Gasteiger partial charge on any atom is 0.274 e. The summed E-state index contributed by atoms with van der Waals surface area (Å²) in [5.41, 5.74) is 5.27. The average Bonchev–Trinajstić information content (AvgIpc) is 2.48. The van der Waals surface area contributed by atoms with Crippen LogP contribution in [-0.4, -0.2) is 9.97 Å². The molecule has 0 amide bonds. The third-order valence-corrected chi connectivity index (χ3v) is 3.48. The van der Waals surface area contributed by atoms with E-state index in [1.54, 1.807) is 6.08 Å². The first-order valence-corrected chi connectivity index (χ1v) is 6.88. The molecule has 3 nitrogen and oxygen atoms in total. The highest BCUT2D eigenvalue weighted by molar-refractivity contribution is 5.77. The van der Waals surface area contributed by atoms with E-state index in [1.807, 2.05) is 30.3 Å². The topological polar surface area (TPSA) is 45.8 Å². The van der Waals surface area contributed by atoms with E-state index < -0.39 is 0 Å². The third-order valence-electron chi connectivity index (χ3n) is 3.48. The quantitative estimate of drug-likeness (QED) is 0.775. The highest BCUT2D eigenvalue weighted by atomic mass is 16.1. The molecule has 1 aromatic heterocycles. The van der Waals surface area contributed by atoms with E-state index in [0.717, 1.165) is 16.6 Å². The fourth-order valence-corrected chi connectivity index (χ4v) is 2.26. The first-order valence-electron chi connectivity index (χ1n) is 6.88. The Bertz CT molecular complexity index is 891. The van der Waals surface area contributed by atoms with Gasteiger partial charge in [0.1, 0.15) is 5.69 Å². The second kappa shape index (κ2) is 5.37. The lowest BCUT2D eigenvalue weighted by Gasteiger charge is -2.02. The molecule has 0 aliphatic heterocycles. The monoisotopic (exact) mass is 276 g/mol. The summed E-state index contributed by atoms with van der Waals surface area (Å²) in [7, 11) is 0. The van der Waals surface area contributed by atoms with Crippen LogP contribution in [0, 0.1) is 13.8 Å². The normalized spacial score (nSPS) is 11.3. The van der Waals surface area contributed by atoms with Gasteiger partial charge in [0.2, 0.25) is 0 Å². The van der Waals surface area contributed by atoms with Crippen LogP contribution in [0.25, 0.3) is 23.2 Å². The number of aromatic nitrogens is 2. The van der Waals surface area contributed by atoms with E-state index >= 15 is 0 Å². The van der Waals surface area contributed by atoms with Crippen molar-refractivity contribution in [3.05, 3.63) is 75.2 Å². The van der Waals surface area contributed by atoms with Crippen molar-refractivity contribution >= 4 is 23.2 Å². The second-order valence-electron chi connectivity index (χ2n) is 5.16. The number of nitrogens with one attached hydrogen (secondary N) is 1. The number of hydrogen-bond donors (Lipinski definition) is 1. The van der Waals surface area contributed by atoms with Gasteiger partial charge < -0.3 is 4.98 Å². The van der Waals surface area contributed by atoms with Crippen molar-refractivity contribution < 1.29 is 0 Å². The predicted octanol–water partition coefficient (Wildman–Crippen LogP) is 3.71. The Morgan fingerprint density at radius 2 is 1.86 bits per heavy atom. The van der Waals surface area contributed by atoms with Crippen LogP contribution in [0.2, 0.25) is 0 Å². The standard InChI is InChI=1S/C18H16N2O/c1-12-7-8-13(2)14(11-12)9-10-17-18(21)20-16-6-4-3-5-15(16)19-17/h3-11H,1-2H3,(H,20,21)/b10-9+. The van der Waals surface area contributed by atoms with Crippen LogP contribution in [0.4, 0.5) is 0 Å². The maximum absolute atomic E-state index is 12.0. The highest BCUT2D eigenvalue weighted by Gasteiger charge is 2.01. The van der Waals surface area contributed by atoms with Crippen LogP contribution in [0.3, 0.4) is 0 Å². The molecular weight excluding hydrogens is 260 g/mol. The summed E-state index contributed by atoms with van der Waals surface area (Å²) in [6.45, 7) is 4.11. The van der Waals surface area contributed by atoms with Gasteiger partial charge in [0.25, 0.3) is 5.56 Å². The summed E-state index contributed by atoms with van der Waals surface area (Å²) in [5, 5.41) is 0. The molecule has 0 saturated heterocycles. The number of H-pyrrole nitrogens is 1. The molecule has 0 radical (unpaired) electrons. The minimum Gasteiger partial charge on any atom is -0.319 e. The fraction of sp³-hybridized carbons (Fsp3) is 0.111. The smallest absolute Gasteiger partial charge is 0.274 e. The van der Waals surface area contributed by atoms with Crippen LogP contribution in [-0.2, 0) is 0 Å². The number of para-hydroxylation sites is 2. The average molecular weight is 276 g/mol. The van der Waals surface area contributed by atoms with Crippen LogP contribution >= 0.6 is 0 Å². The van der Waals surface area contributed by atoms with E-state index in [4.69, 9.17) is 0 Å². The summed E-state index contributed by atoms with van der Waals surface area (Å²) in [6, 6.07) is 13.8. The van der Waals surface area contributed by atoms with Gasteiger partial charge in [0, 0.05) is 0 Å². The van der Waals surface area contributed by atoms with Gasteiger partial charge in [0.05, 0.1) is 11.0 Å². The maximum atomic E-state index is 12.0. The predicted molar refractivity (Wildman–Crippen MR) is 87.2 cm³/mol. The van der Waals surface area contributed by atoms with Crippen LogP contribution in [0.5, 0.6) is 0 Å². The van der Waals surface area contributed by atoms with Crippen molar-refractivity contribution in [1.82, 2.24) is 9.97 Å². The molecule has 0 aliphatic rings. The molecule has 3 heteroatoms. The lowest BCUT2D eigenvalue weighted by Crippen LogP contribution is -2.11. The molecule has 3 aromatic rings. The number of aryl methyl sites for hydroxylation is 2. The SMILES string of the molecule is Cc1ccc(C)c(/C=C/c2nc3ccccc3[nH]c2=O)c1. The molecule has 1 heterocycles. The van der Waals surface area contributed by atoms with Crippen molar-refractivity contribution in [3.63, 3.8) is 0 Å². The van der Waals surface area contributed by atoms with Gasteiger partial charge in [-0.15, -0.1) is 0 Å². The molecule has 0 unspecified atom stereocenters. The minimum atomic E-state index is -0.171. The van der Waals surface area contributed by atoms with E-state index in [1.165, 1.54) is 11.1 Å². The molecule has 1 N–H and O–H groups in total. The molecule has 2 aromatic carbocycles. The lowest BCUT2D eigenvalue weighted by atomic mass is 10.1. The molecule has 104 valence electrons. The van der Waals surface area contributed by atoms with Crippen molar-refractivity contribution in [2.75, 3.05) is 0 Å². The summed E-state index contributed by atoms with van der Waals surface area (Å²) in [5.74, 6) is 0. The lowest BCUT2D eigenvalue weighted by molar-refractivity contribution is 1.19. The van der Waals surface area contributed by atoms with Crippen molar-refractivity contribution in [1.29, 1.82) is 0 Å². The van der Waals surface area contributed by atoms with Gasteiger partial charge in [-0.1, -0.05) is 42.0 Å². The number of hydrogen-bond acceptors (Lipinski definition) is 2. The Hall–Kier alpha value is -2.68. The fourth-order valence-electron chi connectivity index (χ4n) is 2.26. The zero-order valence-electron chi connectivity index (χ0n) is 12.1. The summed E-state index contributed by atoms with van der Waals surface area (Å²) in [4.78, 5) is 19.3.